The first-order valence-corrected chi connectivity index (χ1v) is 6.94. The lowest BCUT2D eigenvalue weighted by atomic mass is 9.86. The maximum absolute atomic E-state index is 11.0. The van der Waals surface area contributed by atoms with Crippen molar-refractivity contribution in [3.05, 3.63) is 33.9 Å². The normalized spacial score (nSPS) is 22.1. The van der Waals surface area contributed by atoms with Crippen LogP contribution in [0.1, 0.15) is 38.2 Å². The third-order valence-corrected chi connectivity index (χ3v) is 4.16. The van der Waals surface area contributed by atoms with E-state index in [-0.39, 0.29) is 11.3 Å². The Kier molecular flexibility index (Phi) is 4.23. The van der Waals surface area contributed by atoms with Gasteiger partial charge in [0.2, 0.25) is 0 Å². The Morgan fingerprint density at radius 3 is 2.80 bits per heavy atom. The Hall–Kier alpha value is -2.09. The number of rotatable bonds is 3. The van der Waals surface area contributed by atoms with Gasteiger partial charge in [0.15, 0.2) is 0 Å². The minimum Gasteiger partial charge on any atom is -0.371 e. The summed E-state index contributed by atoms with van der Waals surface area (Å²) in [6, 6.07) is 7.14. The predicted molar refractivity (Wildman–Crippen MR) is 77.6 cm³/mol. The second kappa shape index (κ2) is 5.91. The molecule has 5 heteroatoms. The molecule has 2 rings (SSSR count). The van der Waals surface area contributed by atoms with Gasteiger partial charge in [-0.1, -0.05) is 19.8 Å². The van der Waals surface area contributed by atoms with Crippen molar-refractivity contribution in [1.82, 2.24) is 0 Å². The molecule has 2 unspecified atom stereocenters. The first-order valence-electron chi connectivity index (χ1n) is 6.94. The standard InChI is InChI=1S/C15H19N3O2/c1-11-4-3-5-13(8-11)17(2)14-7-6-12(10-16)15(9-14)18(19)20/h6-7,9,11,13H,3-5,8H2,1-2H3. The molecule has 0 spiro atoms. The van der Waals surface area contributed by atoms with E-state index in [1.165, 1.54) is 25.0 Å². The fraction of sp³-hybridized carbons (Fsp3) is 0.533. The van der Waals surface area contributed by atoms with Crippen molar-refractivity contribution in [2.45, 2.75) is 38.6 Å². The van der Waals surface area contributed by atoms with E-state index in [2.05, 4.69) is 11.8 Å². The summed E-state index contributed by atoms with van der Waals surface area (Å²) in [6.45, 7) is 2.25. The van der Waals surface area contributed by atoms with Gasteiger partial charge >= 0.3 is 0 Å². The number of anilines is 1. The highest BCUT2D eigenvalue weighted by atomic mass is 16.6. The van der Waals surface area contributed by atoms with Crippen molar-refractivity contribution in [3.63, 3.8) is 0 Å². The largest absolute Gasteiger partial charge is 0.371 e. The molecule has 20 heavy (non-hydrogen) atoms. The van der Waals surface area contributed by atoms with E-state index in [1.54, 1.807) is 6.07 Å². The molecule has 2 atom stereocenters. The van der Waals surface area contributed by atoms with Gasteiger partial charge in [0.25, 0.3) is 5.69 Å². The van der Waals surface area contributed by atoms with Crippen LogP contribution in [-0.2, 0) is 0 Å². The van der Waals surface area contributed by atoms with Crippen LogP contribution >= 0.6 is 0 Å². The third kappa shape index (κ3) is 2.90. The number of hydrogen-bond donors (Lipinski definition) is 0. The van der Waals surface area contributed by atoms with E-state index in [4.69, 9.17) is 5.26 Å². The van der Waals surface area contributed by atoms with Crippen LogP contribution in [0.4, 0.5) is 11.4 Å². The molecule has 1 saturated carbocycles. The first-order chi connectivity index (χ1) is 9.52. The van der Waals surface area contributed by atoms with Crippen molar-refractivity contribution < 1.29 is 4.92 Å². The number of nitrogens with zero attached hydrogens (tertiary/aromatic N) is 3. The lowest BCUT2D eigenvalue weighted by Crippen LogP contribution is -2.35. The maximum Gasteiger partial charge on any atom is 0.289 e. The Morgan fingerprint density at radius 1 is 1.45 bits per heavy atom. The van der Waals surface area contributed by atoms with E-state index in [0.717, 1.165) is 18.5 Å². The SMILES string of the molecule is CC1CCCC(N(C)c2ccc(C#N)c([N+](=O)[O-])c2)C1. The average Bonchev–Trinajstić information content (AvgIpc) is 2.45. The minimum absolute atomic E-state index is 0.110. The highest BCUT2D eigenvalue weighted by molar-refractivity contribution is 5.60. The van der Waals surface area contributed by atoms with E-state index in [1.807, 2.05) is 13.1 Å². The maximum atomic E-state index is 11.0. The van der Waals surface area contributed by atoms with Crippen molar-refractivity contribution in [2.24, 2.45) is 5.92 Å². The monoisotopic (exact) mass is 273 g/mol. The van der Waals surface area contributed by atoms with Gasteiger partial charge in [-0.15, -0.1) is 0 Å². The summed E-state index contributed by atoms with van der Waals surface area (Å²) in [4.78, 5) is 12.6. The van der Waals surface area contributed by atoms with Crippen molar-refractivity contribution in [3.8, 4) is 6.07 Å². The van der Waals surface area contributed by atoms with Gasteiger partial charge < -0.3 is 4.90 Å². The molecule has 0 heterocycles. The Morgan fingerprint density at radius 2 is 2.20 bits per heavy atom. The van der Waals surface area contributed by atoms with E-state index < -0.39 is 4.92 Å². The van der Waals surface area contributed by atoms with Gasteiger partial charge in [-0.2, -0.15) is 5.26 Å². The number of benzene rings is 1. The summed E-state index contributed by atoms with van der Waals surface area (Å²) < 4.78 is 0. The van der Waals surface area contributed by atoms with Gasteiger partial charge in [0.05, 0.1) is 4.92 Å². The summed E-state index contributed by atoms with van der Waals surface area (Å²) in [5, 5.41) is 19.9. The van der Waals surface area contributed by atoms with Crippen LogP contribution in [0.2, 0.25) is 0 Å². The minimum atomic E-state index is -0.487. The number of nitro benzene ring substituents is 1. The molecule has 5 nitrogen and oxygen atoms in total. The molecule has 0 radical (unpaired) electrons. The highest BCUT2D eigenvalue weighted by Crippen LogP contribution is 2.31. The van der Waals surface area contributed by atoms with Crippen LogP contribution in [0.15, 0.2) is 18.2 Å². The van der Waals surface area contributed by atoms with E-state index in [0.29, 0.717) is 12.0 Å². The summed E-state index contributed by atoms with van der Waals surface area (Å²) in [7, 11) is 1.98. The van der Waals surface area contributed by atoms with Crippen LogP contribution in [0.25, 0.3) is 0 Å². The van der Waals surface area contributed by atoms with E-state index >= 15 is 0 Å². The fourth-order valence-electron chi connectivity index (χ4n) is 2.95. The molecule has 106 valence electrons. The molecule has 0 saturated heterocycles. The fourth-order valence-corrected chi connectivity index (χ4v) is 2.95. The third-order valence-electron chi connectivity index (χ3n) is 4.16. The summed E-state index contributed by atoms with van der Waals surface area (Å²) >= 11 is 0. The summed E-state index contributed by atoms with van der Waals surface area (Å²) in [5.74, 6) is 0.699. The zero-order valence-corrected chi connectivity index (χ0v) is 11.9. The molecule has 0 amide bonds. The molecule has 0 aromatic heterocycles. The van der Waals surface area contributed by atoms with Crippen molar-refractivity contribution in [2.75, 3.05) is 11.9 Å². The zero-order valence-electron chi connectivity index (χ0n) is 11.9. The molecular weight excluding hydrogens is 254 g/mol. The smallest absolute Gasteiger partial charge is 0.289 e. The molecule has 1 fully saturated rings. The first kappa shape index (κ1) is 14.3. The predicted octanol–water partition coefficient (Wildman–Crippen LogP) is 3.48. The molecule has 1 aromatic rings. The second-order valence-electron chi connectivity index (χ2n) is 5.61. The van der Waals surface area contributed by atoms with Crippen LogP contribution in [0, 0.1) is 27.4 Å². The van der Waals surface area contributed by atoms with Gasteiger partial charge in [0.1, 0.15) is 11.6 Å². The van der Waals surface area contributed by atoms with E-state index in [9.17, 15) is 10.1 Å². The Bertz CT molecular complexity index is 551. The van der Waals surface area contributed by atoms with Crippen LogP contribution < -0.4 is 4.90 Å². The Balaban J connectivity index is 2.26. The number of nitro groups is 1. The Labute approximate surface area is 119 Å². The molecule has 1 aliphatic carbocycles. The van der Waals surface area contributed by atoms with Crippen molar-refractivity contribution >= 4 is 11.4 Å². The average molecular weight is 273 g/mol. The number of hydrogen-bond acceptors (Lipinski definition) is 4. The van der Waals surface area contributed by atoms with Gasteiger partial charge in [0, 0.05) is 24.8 Å². The van der Waals surface area contributed by atoms with Gasteiger partial charge in [-0.25, -0.2) is 0 Å². The molecule has 0 aliphatic heterocycles. The molecule has 1 aromatic carbocycles. The lowest BCUT2D eigenvalue weighted by molar-refractivity contribution is -0.385. The summed E-state index contributed by atoms with van der Waals surface area (Å²) in [5.41, 5.74) is 0.819. The zero-order chi connectivity index (χ0) is 14.7. The van der Waals surface area contributed by atoms with Crippen LogP contribution in [0.5, 0.6) is 0 Å². The molecule has 0 bridgehead atoms. The topological polar surface area (TPSA) is 70.2 Å². The molecule has 0 N–H and O–H groups in total. The second-order valence-corrected chi connectivity index (χ2v) is 5.61. The number of nitriles is 1. The van der Waals surface area contributed by atoms with Crippen LogP contribution in [-0.4, -0.2) is 18.0 Å². The molecular formula is C15H19N3O2. The lowest BCUT2D eigenvalue weighted by Gasteiger charge is -2.35. The quantitative estimate of drug-likeness (QED) is 0.624. The molecule has 1 aliphatic rings. The van der Waals surface area contributed by atoms with Crippen LogP contribution in [0.3, 0.4) is 0 Å². The summed E-state index contributed by atoms with van der Waals surface area (Å²) in [6.07, 6.45) is 4.70. The van der Waals surface area contributed by atoms with Crippen molar-refractivity contribution in [1.29, 1.82) is 5.26 Å². The highest BCUT2D eigenvalue weighted by Gasteiger charge is 2.24. The van der Waals surface area contributed by atoms with Gasteiger partial charge in [-0.05, 0) is 30.9 Å². The van der Waals surface area contributed by atoms with Gasteiger partial charge in [-0.3, -0.25) is 10.1 Å².